The molecule has 2 aliphatic heterocycles. The third kappa shape index (κ3) is 2.20. The minimum atomic E-state index is 0.270. The van der Waals surface area contributed by atoms with E-state index in [1.165, 1.54) is 0 Å². The maximum absolute atomic E-state index is 6.33. The maximum Gasteiger partial charge on any atom is 0.231 e. The van der Waals surface area contributed by atoms with Crippen molar-refractivity contribution in [2.75, 3.05) is 33.0 Å². The molecule has 17 heavy (non-hydrogen) atoms. The fraction of sp³-hybridized carbons (Fsp3) is 0.500. The second kappa shape index (κ2) is 4.72. The Morgan fingerprint density at radius 3 is 2.88 bits per heavy atom. The fourth-order valence-electron chi connectivity index (χ4n) is 2.21. The van der Waals surface area contributed by atoms with Gasteiger partial charge in [-0.2, -0.15) is 0 Å². The Bertz CT molecular complexity index is 419. The number of nitrogens with one attached hydrogen (secondary N) is 1. The van der Waals surface area contributed by atoms with Crippen LogP contribution in [0.25, 0.3) is 0 Å². The zero-order valence-electron chi connectivity index (χ0n) is 9.54. The quantitative estimate of drug-likeness (QED) is 0.867. The predicted octanol–water partition coefficient (Wildman–Crippen LogP) is 1.47. The highest BCUT2D eigenvalue weighted by Crippen LogP contribution is 2.41. The Kier molecular flexibility index (Phi) is 3.09. The molecule has 0 amide bonds. The molecule has 1 saturated heterocycles. The van der Waals surface area contributed by atoms with E-state index in [9.17, 15) is 0 Å². The van der Waals surface area contributed by atoms with Crippen molar-refractivity contribution in [3.63, 3.8) is 0 Å². The van der Waals surface area contributed by atoms with E-state index in [4.69, 9.17) is 21.1 Å². The molecule has 1 aromatic carbocycles. The number of rotatable bonds is 2. The molecule has 0 spiro atoms. The smallest absolute Gasteiger partial charge is 0.231 e. The molecule has 0 unspecified atom stereocenters. The van der Waals surface area contributed by atoms with Gasteiger partial charge in [-0.3, -0.25) is 4.90 Å². The van der Waals surface area contributed by atoms with Gasteiger partial charge >= 0.3 is 0 Å². The summed E-state index contributed by atoms with van der Waals surface area (Å²) in [7, 11) is 0. The largest absolute Gasteiger partial charge is 0.454 e. The van der Waals surface area contributed by atoms with Gasteiger partial charge in [0.1, 0.15) is 0 Å². The minimum Gasteiger partial charge on any atom is -0.454 e. The summed E-state index contributed by atoms with van der Waals surface area (Å²) >= 11 is 6.33. The molecule has 5 heteroatoms. The van der Waals surface area contributed by atoms with E-state index < -0.39 is 0 Å². The molecule has 3 rings (SSSR count). The molecule has 1 aromatic rings. The van der Waals surface area contributed by atoms with E-state index in [-0.39, 0.29) is 6.79 Å². The summed E-state index contributed by atoms with van der Waals surface area (Å²) in [6, 6.07) is 3.96. The van der Waals surface area contributed by atoms with Crippen molar-refractivity contribution in [2.45, 2.75) is 6.54 Å². The van der Waals surface area contributed by atoms with Gasteiger partial charge in [0, 0.05) is 32.7 Å². The van der Waals surface area contributed by atoms with Crippen LogP contribution in [0.4, 0.5) is 0 Å². The molecular weight excluding hydrogens is 240 g/mol. The highest BCUT2D eigenvalue weighted by atomic mass is 35.5. The van der Waals surface area contributed by atoms with Crippen LogP contribution in [-0.4, -0.2) is 37.9 Å². The van der Waals surface area contributed by atoms with Crippen LogP contribution in [0.2, 0.25) is 5.02 Å². The van der Waals surface area contributed by atoms with Gasteiger partial charge in [-0.1, -0.05) is 17.7 Å². The number of hydrogen-bond acceptors (Lipinski definition) is 4. The third-order valence-corrected chi connectivity index (χ3v) is 3.58. The van der Waals surface area contributed by atoms with E-state index in [0.717, 1.165) is 44.0 Å². The van der Waals surface area contributed by atoms with Crippen LogP contribution in [0.1, 0.15) is 5.56 Å². The Morgan fingerprint density at radius 1 is 1.24 bits per heavy atom. The highest BCUT2D eigenvalue weighted by Gasteiger charge is 2.21. The second-order valence-electron chi connectivity index (χ2n) is 4.30. The van der Waals surface area contributed by atoms with Gasteiger partial charge in [0.05, 0.1) is 5.02 Å². The summed E-state index contributed by atoms with van der Waals surface area (Å²) in [4.78, 5) is 2.39. The first kappa shape index (κ1) is 11.1. The summed E-state index contributed by atoms with van der Waals surface area (Å²) in [5.74, 6) is 1.44. The van der Waals surface area contributed by atoms with Crippen molar-refractivity contribution in [3.05, 3.63) is 22.7 Å². The zero-order valence-corrected chi connectivity index (χ0v) is 10.3. The molecule has 0 saturated carbocycles. The van der Waals surface area contributed by atoms with Crippen LogP contribution in [0.5, 0.6) is 11.5 Å². The summed E-state index contributed by atoms with van der Waals surface area (Å²) in [6.45, 7) is 5.35. The average molecular weight is 255 g/mol. The van der Waals surface area contributed by atoms with Crippen molar-refractivity contribution in [1.82, 2.24) is 10.2 Å². The highest BCUT2D eigenvalue weighted by molar-refractivity contribution is 6.33. The minimum absolute atomic E-state index is 0.270. The van der Waals surface area contributed by atoms with Gasteiger partial charge < -0.3 is 14.8 Å². The van der Waals surface area contributed by atoms with Crippen molar-refractivity contribution in [3.8, 4) is 11.5 Å². The Morgan fingerprint density at radius 2 is 2.06 bits per heavy atom. The molecule has 2 heterocycles. The molecule has 92 valence electrons. The third-order valence-electron chi connectivity index (χ3n) is 3.16. The zero-order chi connectivity index (χ0) is 11.7. The number of nitrogens with zero attached hydrogens (tertiary/aromatic N) is 1. The van der Waals surface area contributed by atoms with Crippen molar-refractivity contribution >= 4 is 11.6 Å². The molecule has 0 atom stereocenters. The van der Waals surface area contributed by atoms with Gasteiger partial charge in [0.15, 0.2) is 11.5 Å². The maximum atomic E-state index is 6.33. The molecule has 1 fully saturated rings. The monoisotopic (exact) mass is 254 g/mol. The summed E-state index contributed by atoms with van der Waals surface area (Å²) in [6.07, 6.45) is 0. The number of hydrogen-bond donors (Lipinski definition) is 1. The van der Waals surface area contributed by atoms with E-state index >= 15 is 0 Å². The molecule has 1 N–H and O–H groups in total. The van der Waals surface area contributed by atoms with E-state index in [2.05, 4.69) is 10.2 Å². The van der Waals surface area contributed by atoms with Gasteiger partial charge in [-0.15, -0.1) is 0 Å². The van der Waals surface area contributed by atoms with E-state index in [1.807, 2.05) is 12.1 Å². The first-order valence-corrected chi connectivity index (χ1v) is 6.22. The van der Waals surface area contributed by atoms with Gasteiger partial charge in [-0.05, 0) is 11.6 Å². The first-order chi connectivity index (χ1) is 8.34. The van der Waals surface area contributed by atoms with Crippen LogP contribution in [0.15, 0.2) is 12.1 Å². The van der Waals surface area contributed by atoms with Crippen molar-refractivity contribution in [2.24, 2.45) is 0 Å². The summed E-state index contributed by atoms with van der Waals surface area (Å²) < 4.78 is 10.7. The molecule has 2 aliphatic rings. The average Bonchev–Trinajstić information content (AvgIpc) is 2.83. The topological polar surface area (TPSA) is 33.7 Å². The lowest BCUT2D eigenvalue weighted by molar-refractivity contribution is 0.174. The van der Waals surface area contributed by atoms with Crippen LogP contribution in [0.3, 0.4) is 0 Å². The molecule has 0 radical (unpaired) electrons. The second-order valence-corrected chi connectivity index (χ2v) is 4.68. The van der Waals surface area contributed by atoms with Crippen LogP contribution in [0, 0.1) is 0 Å². The number of halogens is 1. The Balaban J connectivity index is 1.78. The molecule has 0 aromatic heterocycles. The lowest BCUT2D eigenvalue weighted by Crippen LogP contribution is -2.42. The lowest BCUT2D eigenvalue weighted by Gasteiger charge is -2.27. The predicted molar refractivity (Wildman–Crippen MR) is 65.7 cm³/mol. The first-order valence-electron chi connectivity index (χ1n) is 5.84. The fourth-order valence-corrected chi connectivity index (χ4v) is 2.48. The van der Waals surface area contributed by atoms with Gasteiger partial charge in [0.2, 0.25) is 6.79 Å². The van der Waals surface area contributed by atoms with Gasteiger partial charge in [0.25, 0.3) is 0 Å². The number of piperazine rings is 1. The summed E-state index contributed by atoms with van der Waals surface area (Å²) in [5, 5.41) is 4.03. The number of benzene rings is 1. The normalized spacial score (nSPS) is 19.6. The van der Waals surface area contributed by atoms with Gasteiger partial charge in [-0.25, -0.2) is 0 Å². The molecule has 0 bridgehead atoms. The van der Waals surface area contributed by atoms with Crippen molar-refractivity contribution < 1.29 is 9.47 Å². The van der Waals surface area contributed by atoms with E-state index in [1.54, 1.807) is 0 Å². The van der Waals surface area contributed by atoms with E-state index in [0.29, 0.717) is 10.8 Å². The molecule has 4 nitrogen and oxygen atoms in total. The number of ether oxygens (including phenoxy) is 2. The van der Waals surface area contributed by atoms with Crippen LogP contribution >= 0.6 is 11.6 Å². The Labute approximate surface area is 105 Å². The van der Waals surface area contributed by atoms with Crippen LogP contribution < -0.4 is 14.8 Å². The van der Waals surface area contributed by atoms with Crippen molar-refractivity contribution in [1.29, 1.82) is 0 Å². The Hall–Kier alpha value is -0.970. The molecule has 0 aliphatic carbocycles. The molecular formula is C12H15ClN2O2. The van der Waals surface area contributed by atoms with Crippen LogP contribution in [-0.2, 0) is 6.54 Å². The standard InChI is InChI=1S/C12H15ClN2O2/c13-11-9(7-15-5-3-14-4-6-15)1-2-10-12(11)17-8-16-10/h1-2,14H,3-8H2. The number of fused-ring (bicyclic) bond motifs is 1. The summed E-state index contributed by atoms with van der Waals surface area (Å²) in [5.41, 5.74) is 1.11. The SMILES string of the molecule is Clc1c(CN2CCNCC2)ccc2c1OCO2. The lowest BCUT2D eigenvalue weighted by atomic mass is 10.1.